The standard InChI is InChI=1S/C10H14FN3/c11-8-1-2-10(9(12)7-8)14-5-3-13-4-6-14/h1-2,7,13H,3-6,12H2. The van der Waals surface area contributed by atoms with Gasteiger partial charge in [-0.25, -0.2) is 4.39 Å². The van der Waals surface area contributed by atoms with Crippen LogP contribution in [0.5, 0.6) is 0 Å². The zero-order chi connectivity index (χ0) is 9.97. The predicted octanol–water partition coefficient (Wildman–Crippen LogP) is 0.817. The van der Waals surface area contributed by atoms with E-state index in [1.807, 2.05) is 0 Å². The first-order valence-corrected chi connectivity index (χ1v) is 4.78. The van der Waals surface area contributed by atoms with E-state index in [2.05, 4.69) is 10.2 Å². The molecule has 2 rings (SSSR count). The molecule has 14 heavy (non-hydrogen) atoms. The molecule has 1 aliphatic heterocycles. The number of nitrogen functional groups attached to an aromatic ring is 1. The van der Waals surface area contributed by atoms with Gasteiger partial charge >= 0.3 is 0 Å². The molecule has 0 spiro atoms. The number of piperazine rings is 1. The molecule has 1 fully saturated rings. The molecule has 0 unspecified atom stereocenters. The summed E-state index contributed by atoms with van der Waals surface area (Å²) < 4.78 is 12.8. The van der Waals surface area contributed by atoms with E-state index >= 15 is 0 Å². The van der Waals surface area contributed by atoms with Gasteiger partial charge in [-0.2, -0.15) is 0 Å². The maximum absolute atomic E-state index is 12.8. The number of hydrogen-bond donors (Lipinski definition) is 2. The topological polar surface area (TPSA) is 41.3 Å². The number of nitrogens with two attached hydrogens (primary N) is 1. The Morgan fingerprint density at radius 1 is 1.29 bits per heavy atom. The van der Waals surface area contributed by atoms with Crippen LogP contribution in [0.15, 0.2) is 18.2 Å². The van der Waals surface area contributed by atoms with Gasteiger partial charge in [-0.05, 0) is 18.2 Å². The summed E-state index contributed by atoms with van der Waals surface area (Å²) in [7, 11) is 0. The number of benzene rings is 1. The molecule has 1 saturated heterocycles. The quantitative estimate of drug-likeness (QED) is 0.652. The van der Waals surface area contributed by atoms with E-state index in [1.165, 1.54) is 12.1 Å². The molecule has 0 amide bonds. The van der Waals surface area contributed by atoms with Crippen molar-refractivity contribution in [2.45, 2.75) is 0 Å². The number of nitrogens with zero attached hydrogens (tertiary/aromatic N) is 1. The van der Waals surface area contributed by atoms with E-state index in [9.17, 15) is 4.39 Å². The molecule has 3 N–H and O–H groups in total. The largest absolute Gasteiger partial charge is 0.397 e. The van der Waals surface area contributed by atoms with Gasteiger partial charge in [0, 0.05) is 26.2 Å². The van der Waals surface area contributed by atoms with Crippen molar-refractivity contribution in [2.75, 3.05) is 36.8 Å². The van der Waals surface area contributed by atoms with Gasteiger partial charge in [0.05, 0.1) is 11.4 Å². The molecule has 0 aromatic heterocycles. The van der Waals surface area contributed by atoms with Crippen LogP contribution in [-0.4, -0.2) is 26.2 Å². The fourth-order valence-corrected chi connectivity index (χ4v) is 1.72. The Labute approximate surface area is 82.7 Å². The highest BCUT2D eigenvalue weighted by atomic mass is 19.1. The summed E-state index contributed by atoms with van der Waals surface area (Å²) in [6, 6.07) is 4.57. The van der Waals surface area contributed by atoms with Crippen LogP contribution in [0.4, 0.5) is 15.8 Å². The van der Waals surface area contributed by atoms with Crippen LogP contribution < -0.4 is 16.0 Å². The third-order valence-corrected chi connectivity index (χ3v) is 2.45. The monoisotopic (exact) mass is 195 g/mol. The van der Waals surface area contributed by atoms with Gasteiger partial charge in [0.15, 0.2) is 0 Å². The minimum atomic E-state index is -0.276. The second-order valence-corrected chi connectivity index (χ2v) is 3.44. The van der Waals surface area contributed by atoms with Gasteiger partial charge < -0.3 is 16.0 Å². The van der Waals surface area contributed by atoms with Crippen LogP contribution in [-0.2, 0) is 0 Å². The van der Waals surface area contributed by atoms with Crippen LogP contribution >= 0.6 is 0 Å². The molecule has 0 bridgehead atoms. The lowest BCUT2D eigenvalue weighted by Gasteiger charge is -2.30. The highest BCUT2D eigenvalue weighted by molar-refractivity contribution is 5.67. The van der Waals surface area contributed by atoms with Gasteiger partial charge in [0.1, 0.15) is 5.82 Å². The zero-order valence-electron chi connectivity index (χ0n) is 7.96. The van der Waals surface area contributed by atoms with Crippen molar-refractivity contribution in [1.82, 2.24) is 5.32 Å². The molecule has 1 aromatic rings. The van der Waals surface area contributed by atoms with Crippen LogP contribution in [0.1, 0.15) is 0 Å². The molecule has 0 saturated carbocycles. The number of hydrogen-bond acceptors (Lipinski definition) is 3. The number of nitrogens with one attached hydrogen (secondary N) is 1. The zero-order valence-corrected chi connectivity index (χ0v) is 7.96. The minimum absolute atomic E-state index is 0.276. The molecule has 4 heteroatoms. The van der Waals surface area contributed by atoms with Crippen molar-refractivity contribution >= 4 is 11.4 Å². The van der Waals surface area contributed by atoms with Crippen molar-refractivity contribution < 1.29 is 4.39 Å². The molecule has 1 aromatic carbocycles. The van der Waals surface area contributed by atoms with E-state index < -0.39 is 0 Å². The lowest BCUT2D eigenvalue weighted by molar-refractivity contribution is 0.588. The van der Waals surface area contributed by atoms with Crippen LogP contribution in [0.25, 0.3) is 0 Å². The summed E-state index contributed by atoms with van der Waals surface area (Å²) in [6.07, 6.45) is 0. The summed E-state index contributed by atoms with van der Waals surface area (Å²) in [6.45, 7) is 3.76. The van der Waals surface area contributed by atoms with Crippen LogP contribution in [0.3, 0.4) is 0 Å². The maximum atomic E-state index is 12.8. The molecular formula is C10H14FN3. The van der Waals surface area contributed by atoms with E-state index in [-0.39, 0.29) is 5.82 Å². The molecule has 1 aliphatic rings. The average Bonchev–Trinajstić information content (AvgIpc) is 2.19. The molecular weight excluding hydrogens is 181 g/mol. The summed E-state index contributed by atoms with van der Waals surface area (Å²) in [5.41, 5.74) is 7.21. The van der Waals surface area contributed by atoms with Crippen LogP contribution in [0.2, 0.25) is 0 Å². The van der Waals surface area contributed by atoms with Crippen molar-refractivity contribution in [2.24, 2.45) is 0 Å². The summed E-state index contributed by atoms with van der Waals surface area (Å²) in [5, 5.41) is 3.26. The van der Waals surface area contributed by atoms with E-state index in [1.54, 1.807) is 6.07 Å². The highest BCUT2D eigenvalue weighted by Gasteiger charge is 2.12. The SMILES string of the molecule is Nc1cc(F)ccc1N1CCNCC1. The smallest absolute Gasteiger partial charge is 0.125 e. The normalized spacial score (nSPS) is 17.1. The second kappa shape index (κ2) is 3.84. The van der Waals surface area contributed by atoms with Gasteiger partial charge in [-0.3, -0.25) is 0 Å². The van der Waals surface area contributed by atoms with Crippen molar-refractivity contribution in [3.63, 3.8) is 0 Å². The van der Waals surface area contributed by atoms with E-state index in [4.69, 9.17) is 5.73 Å². The molecule has 3 nitrogen and oxygen atoms in total. The second-order valence-electron chi connectivity index (χ2n) is 3.44. The Morgan fingerprint density at radius 3 is 2.64 bits per heavy atom. The minimum Gasteiger partial charge on any atom is -0.397 e. The predicted molar refractivity (Wildman–Crippen MR) is 55.9 cm³/mol. The Morgan fingerprint density at radius 2 is 2.00 bits per heavy atom. The Bertz CT molecular complexity index is 321. The third-order valence-electron chi connectivity index (χ3n) is 2.45. The fourth-order valence-electron chi connectivity index (χ4n) is 1.72. The van der Waals surface area contributed by atoms with Crippen molar-refractivity contribution in [1.29, 1.82) is 0 Å². The number of anilines is 2. The van der Waals surface area contributed by atoms with Crippen LogP contribution in [0, 0.1) is 5.82 Å². The summed E-state index contributed by atoms with van der Waals surface area (Å²) in [4.78, 5) is 2.17. The van der Waals surface area contributed by atoms with E-state index in [0.29, 0.717) is 5.69 Å². The fraction of sp³-hybridized carbons (Fsp3) is 0.400. The Kier molecular flexibility index (Phi) is 2.54. The van der Waals surface area contributed by atoms with Gasteiger partial charge in [-0.15, -0.1) is 0 Å². The Hall–Kier alpha value is -1.29. The maximum Gasteiger partial charge on any atom is 0.125 e. The first kappa shape index (κ1) is 9.27. The Balaban J connectivity index is 2.22. The molecule has 0 atom stereocenters. The third kappa shape index (κ3) is 1.80. The lowest BCUT2D eigenvalue weighted by atomic mass is 10.2. The van der Waals surface area contributed by atoms with Crippen molar-refractivity contribution in [3.05, 3.63) is 24.0 Å². The molecule has 0 radical (unpaired) electrons. The first-order valence-electron chi connectivity index (χ1n) is 4.78. The number of rotatable bonds is 1. The van der Waals surface area contributed by atoms with E-state index in [0.717, 1.165) is 31.9 Å². The average molecular weight is 195 g/mol. The van der Waals surface area contributed by atoms with Gasteiger partial charge in [-0.1, -0.05) is 0 Å². The number of halogens is 1. The van der Waals surface area contributed by atoms with Gasteiger partial charge in [0.2, 0.25) is 0 Å². The first-order chi connectivity index (χ1) is 6.77. The molecule has 76 valence electrons. The molecule has 1 heterocycles. The highest BCUT2D eigenvalue weighted by Crippen LogP contribution is 2.23. The summed E-state index contributed by atoms with van der Waals surface area (Å²) in [5.74, 6) is -0.276. The van der Waals surface area contributed by atoms with Gasteiger partial charge in [0.25, 0.3) is 0 Å². The summed E-state index contributed by atoms with van der Waals surface area (Å²) >= 11 is 0. The molecule has 0 aliphatic carbocycles. The lowest BCUT2D eigenvalue weighted by Crippen LogP contribution is -2.43. The van der Waals surface area contributed by atoms with Crippen molar-refractivity contribution in [3.8, 4) is 0 Å².